The summed E-state index contributed by atoms with van der Waals surface area (Å²) in [5.74, 6) is 1.43. The predicted octanol–water partition coefficient (Wildman–Crippen LogP) is 2.99. The third kappa shape index (κ3) is 2.77. The highest BCUT2D eigenvalue weighted by atomic mass is 16.5. The summed E-state index contributed by atoms with van der Waals surface area (Å²) in [6.45, 7) is 6.46. The summed E-state index contributed by atoms with van der Waals surface area (Å²) < 4.78 is 8.18. The van der Waals surface area contributed by atoms with Crippen molar-refractivity contribution in [2.24, 2.45) is 5.92 Å². The Morgan fingerprint density at radius 3 is 3.17 bits per heavy atom. The van der Waals surface area contributed by atoms with Gasteiger partial charge in [0.05, 0.1) is 18.3 Å². The number of hydrogen-bond acceptors (Lipinski definition) is 4. The lowest BCUT2D eigenvalue weighted by molar-refractivity contribution is 0.135. The number of rotatable bonds is 4. The average Bonchev–Trinajstić information content (AvgIpc) is 3.09. The number of piperidine rings is 1. The van der Waals surface area contributed by atoms with Crippen LogP contribution >= 0.6 is 0 Å². The monoisotopic (exact) mass is 310 g/mol. The summed E-state index contributed by atoms with van der Waals surface area (Å²) in [6, 6.07) is 5.96. The molecule has 1 fully saturated rings. The minimum absolute atomic E-state index is 0.599. The first kappa shape index (κ1) is 14.5. The van der Waals surface area contributed by atoms with Crippen molar-refractivity contribution in [1.29, 1.82) is 0 Å². The molecular formula is C18H22N4O. The number of hydrogen-bond donors (Lipinski definition) is 0. The Hall–Kier alpha value is -2.14. The molecule has 5 heteroatoms. The summed E-state index contributed by atoms with van der Waals surface area (Å²) in [7, 11) is 0. The van der Waals surface area contributed by atoms with Gasteiger partial charge in [-0.05, 0) is 38.1 Å². The minimum atomic E-state index is 0.599. The van der Waals surface area contributed by atoms with Gasteiger partial charge in [0, 0.05) is 30.9 Å². The first-order chi connectivity index (χ1) is 11.3. The van der Waals surface area contributed by atoms with Crippen LogP contribution in [0, 0.1) is 5.92 Å². The van der Waals surface area contributed by atoms with Crippen molar-refractivity contribution in [2.45, 2.75) is 19.8 Å². The third-order valence-corrected chi connectivity index (χ3v) is 4.73. The van der Waals surface area contributed by atoms with Crippen LogP contribution in [-0.4, -0.2) is 45.5 Å². The molecule has 0 radical (unpaired) electrons. The predicted molar refractivity (Wildman–Crippen MR) is 90.8 cm³/mol. The van der Waals surface area contributed by atoms with E-state index in [0.29, 0.717) is 5.92 Å². The van der Waals surface area contributed by atoms with Crippen LogP contribution in [0.4, 0.5) is 0 Å². The molecule has 1 aliphatic heterocycles. The van der Waals surface area contributed by atoms with Crippen molar-refractivity contribution in [3.63, 3.8) is 0 Å². The quantitative estimate of drug-likeness (QED) is 0.743. The lowest BCUT2D eigenvalue weighted by Crippen LogP contribution is -2.37. The van der Waals surface area contributed by atoms with Crippen molar-refractivity contribution in [2.75, 3.05) is 26.2 Å². The molecule has 5 nitrogen and oxygen atoms in total. The summed E-state index contributed by atoms with van der Waals surface area (Å²) >= 11 is 0. The Bertz CT molecular complexity index is 813. The average molecular weight is 310 g/mol. The zero-order chi connectivity index (χ0) is 15.6. The zero-order valence-corrected chi connectivity index (χ0v) is 13.5. The topological polar surface area (TPSA) is 42.7 Å². The van der Waals surface area contributed by atoms with E-state index in [1.165, 1.54) is 19.4 Å². The summed E-state index contributed by atoms with van der Waals surface area (Å²) in [5.41, 5.74) is 2.73. The van der Waals surface area contributed by atoms with Crippen molar-refractivity contribution in [1.82, 2.24) is 19.3 Å². The number of ether oxygens (including phenoxy) is 1. The second-order valence-corrected chi connectivity index (χ2v) is 6.26. The third-order valence-electron chi connectivity index (χ3n) is 4.73. The van der Waals surface area contributed by atoms with E-state index >= 15 is 0 Å². The van der Waals surface area contributed by atoms with E-state index in [4.69, 9.17) is 4.74 Å². The number of pyridine rings is 1. The van der Waals surface area contributed by atoms with Crippen molar-refractivity contribution < 1.29 is 4.74 Å². The van der Waals surface area contributed by atoms with Gasteiger partial charge in [-0.2, -0.15) is 0 Å². The molecule has 1 atom stereocenters. The number of fused-ring (bicyclic) bond motifs is 3. The van der Waals surface area contributed by atoms with E-state index in [0.717, 1.165) is 42.1 Å². The lowest BCUT2D eigenvalue weighted by Gasteiger charge is -2.31. The van der Waals surface area contributed by atoms with Crippen LogP contribution in [0.25, 0.3) is 16.7 Å². The highest BCUT2D eigenvalue weighted by molar-refractivity contribution is 5.80. The van der Waals surface area contributed by atoms with Gasteiger partial charge in [0.2, 0.25) is 0 Å². The van der Waals surface area contributed by atoms with Crippen LogP contribution in [0.2, 0.25) is 0 Å². The van der Waals surface area contributed by atoms with E-state index in [2.05, 4.69) is 26.2 Å². The molecule has 3 aromatic rings. The van der Waals surface area contributed by atoms with Crippen LogP contribution < -0.4 is 4.74 Å². The van der Waals surface area contributed by atoms with Crippen molar-refractivity contribution in [3.8, 4) is 5.75 Å². The molecule has 0 amide bonds. The summed E-state index contributed by atoms with van der Waals surface area (Å²) in [6.07, 6.45) is 8.20. The van der Waals surface area contributed by atoms with Crippen LogP contribution in [0.3, 0.4) is 0 Å². The van der Waals surface area contributed by atoms with E-state index in [-0.39, 0.29) is 0 Å². The first-order valence-electron chi connectivity index (χ1n) is 8.41. The highest BCUT2D eigenvalue weighted by Crippen LogP contribution is 2.24. The molecule has 0 bridgehead atoms. The number of aromatic nitrogens is 3. The standard InChI is InChI=1S/C18H22N4O/c1-2-21-9-3-5-14(12-21)13-23-16-7-8-19-18-17(16)20-11-15-6-4-10-22(15)18/h4,6-8,10-11,14H,2-3,5,9,12-13H2,1H3. The molecule has 1 unspecified atom stereocenters. The second-order valence-electron chi connectivity index (χ2n) is 6.26. The van der Waals surface area contributed by atoms with Crippen LogP contribution in [-0.2, 0) is 0 Å². The smallest absolute Gasteiger partial charge is 0.167 e. The van der Waals surface area contributed by atoms with E-state index < -0.39 is 0 Å². The molecule has 4 heterocycles. The zero-order valence-electron chi connectivity index (χ0n) is 13.5. The summed E-state index contributed by atoms with van der Waals surface area (Å²) in [4.78, 5) is 11.5. The van der Waals surface area contributed by atoms with E-state index in [9.17, 15) is 0 Å². The fourth-order valence-corrected chi connectivity index (χ4v) is 3.44. The Morgan fingerprint density at radius 2 is 2.26 bits per heavy atom. The number of nitrogens with zero attached hydrogens (tertiary/aromatic N) is 4. The van der Waals surface area contributed by atoms with Gasteiger partial charge in [-0.3, -0.25) is 4.40 Å². The van der Waals surface area contributed by atoms with Gasteiger partial charge in [0.1, 0.15) is 11.3 Å². The lowest BCUT2D eigenvalue weighted by atomic mass is 9.99. The molecule has 4 rings (SSSR count). The highest BCUT2D eigenvalue weighted by Gasteiger charge is 2.19. The molecular weight excluding hydrogens is 288 g/mol. The normalized spacial score (nSPS) is 19.4. The van der Waals surface area contributed by atoms with Gasteiger partial charge in [0.25, 0.3) is 0 Å². The Morgan fingerprint density at radius 1 is 1.30 bits per heavy atom. The van der Waals surface area contributed by atoms with Gasteiger partial charge in [-0.25, -0.2) is 9.97 Å². The first-order valence-corrected chi connectivity index (χ1v) is 8.41. The Kier molecular flexibility index (Phi) is 3.87. The maximum atomic E-state index is 6.13. The van der Waals surface area contributed by atoms with Gasteiger partial charge >= 0.3 is 0 Å². The minimum Gasteiger partial charge on any atom is -0.491 e. The Balaban J connectivity index is 1.57. The fraction of sp³-hybridized carbons (Fsp3) is 0.444. The molecule has 1 aliphatic rings. The molecule has 120 valence electrons. The van der Waals surface area contributed by atoms with Gasteiger partial charge in [-0.15, -0.1) is 0 Å². The molecule has 0 aromatic carbocycles. The van der Waals surface area contributed by atoms with Crippen LogP contribution in [0.1, 0.15) is 19.8 Å². The largest absolute Gasteiger partial charge is 0.491 e. The fourth-order valence-electron chi connectivity index (χ4n) is 3.44. The molecule has 0 N–H and O–H groups in total. The SMILES string of the molecule is CCN1CCCC(COc2ccnc3c2ncc2cccn23)C1. The van der Waals surface area contributed by atoms with Gasteiger partial charge in [-0.1, -0.05) is 6.92 Å². The van der Waals surface area contributed by atoms with Crippen molar-refractivity contribution in [3.05, 3.63) is 36.8 Å². The maximum absolute atomic E-state index is 6.13. The van der Waals surface area contributed by atoms with E-state index in [1.54, 1.807) is 6.20 Å². The van der Waals surface area contributed by atoms with Crippen molar-refractivity contribution >= 4 is 16.7 Å². The maximum Gasteiger partial charge on any atom is 0.167 e. The second kappa shape index (κ2) is 6.16. The van der Waals surface area contributed by atoms with Gasteiger partial charge < -0.3 is 9.64 Å². The molecule has 1 saturated heterocycles. The molecule has 0 spiro atoms. The molecule has 3 aromatic heterocycles. The Labute approximate surface area is 135 Å². The molecule has 23 heavy (non-hydrogen) atoms. The van der Waals surface area contributed by atoms with E-state index in [1.807, 2.05) is 30.6 Å². The van der Waals surface area contributed by atoms with Crippen LogP contribution in [0.5, 0.6) is 5.75 Å². The molecule has 0 aliphatic carbocycles. The number of likely N-dealkylation sites (tertiary alicyclic amines) is 1. The van der Waals surface area contributed by atoms with Gasteiger partial charge in [0.15, 0.2) is 5.65 Å². The van der Waals surface area contributed by atoms with Crippen LogP contribution in [0.15, 0.2) is 36.8 Å². The molecule has 0 saturated carbocycles. The summed E-state index contributed by atoms with van der Waals surface area (Å²) in [5, 5.41) is 0.